The van der Waals surface area contributed by atoms with Crippen molar-refractivity contribution < 1.29 is 14.4 Å². The number of primary amides is 1. The van der Waals surface area contributed by atoms with E-state index in [0.717, 1.165) is 16.8 Å². The molecule has 2 aromatic carbocycles. The van der Waals surface area contributed by atoms with Crippen LogP contribution < -0.4 is 16.4 Å². The quantitative estimate of drug-likeness (QED) is 0.768. The topological polar surface area (TPSA) is 105 Å². The van der Waals surface area contributed by atoms with E-state index in [1.807, 2.05) is 32.0 Å². The molecule has 7 nitrogen and oxygen atoms in total. The molecule has 0 aromatic heterocycles. The maximum atomic E-state index is 12.5. The first-order valence-electron chi connectivity index (χ1n) is 8.06. The summed E-state index contributed by atoms with van der Waals surface area (Å²) >= 11 is 0. The second kappa shape index (κ2) is 8.15. The van der Waals surface area contributed by atoms with Crippen molar-refractivity contribution in [2.45, 2.75) is 13.8 Å². The number of nitrogens with zero attached hydrogens (tertiary/aromatic N) is 1. The van der Waals surface area contributed by atoms with Crippen LogP contribution in [-0.2, 0) is 4.79 Å². The van der Waals surface area contributed by atoms with E-state index in [1.165, 1.54) is 11.0 Å². The lowest BCUT2D eigenvalue weighted by Gasteiger charge is -2.18. The van der Waals surface area contributed by atoms with Gasteiger partial charge in [-0.2, -0.15) is 0 Å². The van der Waals surface area contributed by atoms with Gasteiger partial charge in [0.1, 0.15) is 0 Å². The lowest BCUT2D eigenvalue weighted by atomic mass is 10.1. The predicted octanol–water partition coefficient (Wildman–Crippen LogP) is 2.50. The Bertz CT molecular complexity index is 848. The Hall–Kier alpha value is -3.35. The fourth-order valence-electron chi connectivity index (χ4n) is 2.46. The number of carbonyl (C=O) groups is 3. The van der Waals surface area contributed by atoms with E-state index in [0.29, 0.717) is 11.3 Å². The van der Waals surface area contributed by atoms with Crippen molar-refractivity contribution in [1.29, 1.82) is 0 Å². The van der Waals surface area contributed by atoms with Crippen molar-refractivity contribution in [2.24, 2.45) is 5.73 Å². The fraction of sp³-hybridized carbons (Fsp3) is 0.211. The summed E-state index contributed by atoms with van der Waals surface area (Å²) in [5.74, 6) is -0.629. The van der Waals surface area contributed by atoms with Gasteiger partial charge in [0.15, 0.2) is 0 Å². The van der Waals surface area contributed by atoms with Crippen LogP contribution in [0.3, 0.4) is 0 Å². The molecule has 26 heavy (non-hydrogen) atoms. The van der Waals surface area contributed by atoms with Gasteiger partial charge in [0, 0.05) is 24.0 Å². The largest absolute Gasteiger partial charge is 0.351 e. The van der Waals surface area contributed by atoms with Crippen molar-refractivity contribution in [2.75, 3.05) is 24.2 Å². The number of nitrogens with one attached hydrogen (secondary N) is 2. The van der Waals surface area contributed by atoms with Crippen LogP contribution in [-0.4, -0.2) is 36.3 Å². The standard InChI is InChI=1S/C19H22N4O3/c1-12-6-4-9-16(13(12)2)22-17(24)11-23(3)18(25)14-7-5-8-15(10-14)21-19(20)26/h4-10H,11H2,1-3H3,(H,22,24)(H3,20,21,26). The number of rotatable bonds is 5. The highest BCUT2D eigenvalue weighted by Crippen LogP contribution is 2.18. The van der Waals surface area contributed by atoms with Crippen LogP contribution in [0, 0.1) is 13.8 Å². The lowest BCUT2D eigenvalue weighted by Crippen LogP contribution is -2.35. The van der Waals surface area contributed by atoms with Crippen molar-refractivity contribution in [3.05, 3.63) is 59.2 Å². The second-order valence-corrected chi connectivity index (χ2v) is 6.03. The molecule has 2 rings (SSSR count). The normalized spacial score (nSPS) is 10.1. The predicted molar refractivity (Wildman–Crippen MR) is 101 cm³/mol. The monoisotopic (exact) mass is 354 g/mol. The molecule has 0 fully saturated rings. The van der Waals surface area contributed by atoms with Crippen LogP contribution in [0.1, 0.15) is 21.5 Å². The summed E-state index contributed by atoms with van der Waals surface area (Å²) in [6.07, 6.45) is 0. The van der Waals surface area contributed by atoms with E-state index >= 15 is 0 Å². The molecule has 0 saturated carbocycles. The van der Waals surface area contributed by atoms with Crippen LogP contribution in [0.5, 0.6) is 0 Å². The van der Waals surface area contributed by atoms with Crippen LogP contribution in [0.25, 0.3) is 0 Å². The molecular formula is C19H22N4O3. The summed E-state index contributed by atoms with van der Waals surface area (Å²) in [6.45, 7) is 3.80. The zero-order chi connectivity index (χ0) is 19.3. The summed E-state index contributed by atoms with van der Waals surface area (Å²) < 4.78 is 0. The van der Waals surface area contributed by atoms with E-state index in [9.17, 15) is 14.4 Å². The highest BCUT2D eigenvalue weighted by molar-refractivity contribution is 6.00. The van der Waals surface area contributed by atoms with Crippen LogP contribution in [0.2, 0.25) is 0 Å². The molecule has 0 radical (unpaired) electrons. The molecule has 7 heteroatoms. The molecule has 0 spiro atoms. The van der Waals surface area contributed by atoms with Gasteiger partial charge in [-0.3, -0.25) is 9.59 Å². The number of hydrogen-bond donors (Lipinski definition) is 3. The number of amides is 4. The van der Waals surface area contributed by atoms with Crippen molar-refractivity contribution in [3.63, 3.8) is 0 Å². The molecule has 136 valence electrons. The van der Waals surface area contributed by atoms with E-state index < -0.39 is 6.03 Å². The summed E-state index contributed by atoms with van der Waals surface area (Å²) in [7, 11) is 1.54. The number of anilines is 2. The van der Waals surface area contributed by atoms with E-state index in [1.54, 1.807) is 25.2 Å². The van der Waals surface area contributed by atoms with Crippen LogP contribution >= 0.6 is 0 Å². The number of aryl methyl sites for hydroxylation is 1. The average molecular weight is 354 g/mol. The zero-order valence-electron chi connectivity index (χ0n) is 15.0. The summed E-state index contributed by atoms with van der Waals surface area (Å²) in [4.78, 5) is 37.0. The summed E-state index contributed by atoms with van der Waals surface area (Å²) in [5.41, 5.74) is 8.62. The maximum Gasteiger partial charge on any atom is 0.316 e. The Balaban J connectivity index is 2.03. The first kappa shape index (κ1) is 19.0. The van der Waals surface area contributed by atoms with Gasteiger partial charge in [-0.25, -0.2) is 4.79 Å². The molecule has 0 atom stereocenters. The molecule has 0 bridgehead atoms. The molecule has 4 N–H and O–H groups in total. The molecule has 0 aliphatic rings. The zero-order valence-corrected chi connectivity index (χ0v) is 15.0. The van der Waals surface area contributed by atoms with Crippen molar-refractivity contribution in [1.82, 2.24) is 4.90 Å². The number of hydrogen-bond acceptors (Lipinski definition) is 3. The first-order chi connectivity index (χ1) is 12.3. The first-order valence-corrected chi connectivity index (χ1v) is 8.06. The number of benzene rings is 2. The molecule has 0 heterocycles. The number of likely N-dealkylation sites (N-methyl/N-ethyl adjacent to an activating group) is 1. The minimum Gasteiger partial charge on any atom is -0.351 e. The summed E-state index contributed by atoms with van der Waals surface area (Å²) in [5, 5.41) is 5.23. The van der Waals surface area contributed by atoms with Gasteiger partial charge in [-0.15, -0.1) is 0 Å². The average Bonchev–Trinajstić information content (AvgIpc) is 2.58. The molecular weight excluding hydrogens is 332 g/mol. The van der Waals surface area contributed by atoms with Crippen LogP contribution in [0.15, 0.2) is 42.5 Å². The maximum absolute atomic E-state index is 12.5. The highest BCUT2D eigenvalue weighted by atomic mass is 16.2. The third-order valence-corrected chi connectivity index (χ3v) is 3.98. The van der Waals surface area contributed by atoms with Gasteiger partial charge in [-0.1, -0.05) is 18.2 Å². The lowest BCUT2D eigenvalue weighted by molar-refractivity contribution is -0.116. The van der Waals surface area contributed by atoms with E-state index in [-0.39, 0.29) is 18.4 Å². The van der Waals surface area contributed by atoms with Crippen LogP contribution in [0.4, 0.5) is 16.2 Å². The van der Waals surface area contributed by atoms with E-state index in [2.05, 4.69) is 10.6 Å². The van der Waals surface area contributed by atoms with Gasteiger partial charge in [-0.05, 0) is 49.2 Å². The minimum absolute atomic E-state index is 0.0975. The highest BCUT2D eigenvalue weighted by Gasteiger charge is 2.16. The van der Waals surface area contributed by atoms with Gasteiger partial charge >= 0.3 is 6.03 Å². The van der Waals surface area contributed by atoms with Crippen molar-refractivity contribution in [3.8, 4) is 0 Å². The Labute approximate surface area is 152 Å². The third kappa shape index (κ3) is 4.83. The third-order valence-electron chi connectivity index (χ3n) is 3.98. The number of carbonyl (C=O) groups excluding carboxylic acids is 3. The Kier molecular flexibility index (Phi) is 5.95. The Morgan fingerprint density at radius 1 is 1.04 bits per heavy atom. The van der Waals surface area contributed by atoms with Crippen molar-refractivity contribution >= 4 is 29.2 Å². The van der Waals surface area contributed by atoms with Gasteiger partial charge < -0.3 is 21.3 Å². The number of urea groups is 1. The molecule has 0 aliphatic carbocycles. The minimum atomic E-state index is -0.712. The summed E-state index contributed by atoms with van der Waals surface area (Å²) in [6, 6.07) is 11.3. The molecule has 0 unspecified atom stereocenters. The molecule has 2 aromatic rings. The SMILES string of the molecule is Cc1cccc(NC(=O)CN(C)C(=O)c2cccc(NC(N)=O)c2)c1C. The van der Waals surface area contributed by atoms with E-state index in [4.69, 9.17) is 5.73 Å². The molecule has 4 amide bonds. The molecule has 0 aliphatic heterocycles. The smallest absolute Gasteiger partial charge is 0.316 e. The van der Waals surface area contributed by atoms with Gasteiger partial charge in [0.2, 0.25) is 5.91 Å². The fourth-order valence-corrected chi connectivity index (χ4v) is 2.46. The van der Waals surface area contributed by atoms with Gasteiger partial charge in [0.25, 0.3) is 5.91 Å². The van der Waals surface area contributed by atoms with Gasteiger partial charge in [0.05, 0.1) is 6.54 Å². The Morgan fingerprint density at radius 3 is 2.42 bits per heavy atom. The second-order valence-electron chi connectivity index (χ2n) is 6.03. The molecule has 0 saturated heterocycles. The number of nitrogens with two attached hydrogens (primary N) is 1. The Morgan fingerprint density at radius 2 is 1.73 bits per heavy atom.